The van der Waals surface area contributed by atoms with Gasteiger partial charge in [-0.3, -0.25) is 9.97 Å². The SMILES string of the molecule is CCCCCNC(c1ccccn1)c1ccccn1. The van der Waals surface area contributed by atoms with Crippen molar-refractivity contribution in [3.05, 3.63) is 60.2 Å². The summed E-state index contributed by atoms with van der Waals surface area (Å²) in [4.78, 5) is 8.90. The summed E-state index contributed by atoms with van der Waals surface area (Å²) in [6.07, 6.45) is 7.34. The van der Waals surface area contributed by atoms with Crippen LogP contribution in [0.25, 0.3) is 0 Å². The Kier molecular flexibility index (Phi) is 5.50. The van der Waals surface area contributed by atoms with Gasteiger partial charge in [0.2, 0.25) is 0 Å². The lowest BCUT2D eigenvalue weighted by Gasteiger charge is -2.17. The first-order chi connectivity index (χ1) is 9.42. The molecule has 0 amide bonds. The standard InChI is InChI=1S/C16H21N3/c1-2-3-6-13-19-16(14-9-4-7-11-17-14)15-10-5-8-12-18-15/h4-5,7-12,16,19H,2-3,6,13H2,1H3. The summed E-state index contributed by atoms with van der Waals surface area (Å²) in [5, 5.41) is 3.56. The van der Waals surface area contributed by atoms with Crippen molar-refractivity contribution in [3.63, 3.8) is 0 Å². The topological polar surface area (TPSA) is 37.8 Å². The van der Waals surface area contributed by atoms with E-state index in [-0.39, 0.29) is 6.04 Å². The van der Waals surface area contributed by atoms with Gasteiger partial charge in [0, 0.05) is 12.4 Å². The summed E-state index contributed by atoms with van der Waals surface area (Å²) < 4.78 is 0. The average molecular weight is 255 g/mol. The highest BCUT2D eigenvalue weighted by molar-refractivity contribution is 5.21. The molecule has 3 nitrogen and oxygen atoms in total. The van der Waals surface area contributed by atoms with Crippen LogP contribution in [-0.2, 0) is 0 Å². The molecule has 2 aromatic heterocycles. The fraction of sp³-hybridized carbons (Fsp3) is 0.375. The number of hydrogen-bond donors (Lipinski definition) is 1. The van der Waals surface area contributed by atoms with Gasteiger partial charge in [0.25, 0.3) is 0 Å². The maximum absolute atomic E-state index is 4.45. The van der Waals surface area contributed by atoms with Crippen molar-refractivity contribution < 1.29 is 0 Å². The number of unbranched alkanes of at least 4 members (excludes halogenated alkanes) is 2. The molecule has 0 saturated heterocycles. The van der Waals surface area contributed by atoms with E-state index in [4.69, 9.17) is 0 Å². The van der Waals surface area contributed by atoms with Crippen LogP contribution in [0, 0.1) is 0 Å². The van der Waals surface area contributed by atoms with Crippen molar-refractivity contribution in [2.45, 2.75) is 32.2 Å². The third kappa shape index (κ3) is 4.14. The Morgan fingerprint density at radius 2 is 1.58 bits per heavy atom. The van der Waals surface area contributed by atoms with Gasteiger partial charge in [0.1, 0.15) is 0 Å². The summed E-state index contributed by atoms with van der Waals surface area (Å²) in [6, 6.07) is 12.1. The van der Waals surface area contributed by atoms with E-state index in [9.17, 15) is 0 Å². The van der Waals surface area contributed by atoms with Crippen LogP contribution >= 0.6 is 0 Å². The largest absolute Gasteiger partial charge is 0.304 e. The Morgan fingerprint density at radius 3 is 2.05 bits per heavy atom. The lowest BCUT2D eigenvalue weighted by atomic mass is 10.1. The molecule has 0 aliphatic carbocycles. The molecule has 0 aromatic carbocycles. The molecular formula is C16H21N3. The summed E-state index contributed by atoms with van der Waals surface area (Å²) in [7, 11) is 0. The Balaban J connectivity index is 2.10. The fourth-order valence-electron chi connectivity index (χ4n) is 2.08. The summed E-state index contributed by atoms with van der Waals surface area (Å²) in [5.74, 6) is 0. The Bertz CT molecular complexity index is 416. The summed E-state index contributed by atoms with van der Waals surface area (Å²) in [6.45, 7) is 3.21. The molecule has 0 saturated carbocycles. The zero-order chi connectivity index (χ0) is 13.3. The lowest BCUT2D eigenvalue weighted by Crippen LogP contribution is -2.25. The van der Waals surface area contributed by atoms with Gasteiger partial charge in [-0.15, -0.1) is 0 Å². The zero-order valence-corrected chi connectivity index (χ0v) is 11.4. The van der Waals surface area contributed by atoms with Crippen LogP contribution in [0.1, 0.15) is 43.6 Å². The highest BCUT2D eigenvalue weighted by Gasteiger charge is 2.15. The van der Waals surface area contributed by atoms with Crippen LogP contribution in [0.2, 0.25) is 0 Å². The molecule has 0 spiro atoms. The molecule has 100 valence electrons. The Hall–Kier alpha value is -1.74. The van der Waals surface area contributed by atoms with Gasteiger partial charge in [-0.05, 0) is 37.2 Å². The van der Waals surface area contributed by atoms with Crippen molar-refractivity contribution in [1.82, 2.24) is 15.3 Å². The number of nitrogens with zero attached hydrogens (tertiary/aromatic N) is 2. The molecule has 1 N–H and O–H groups in total. The van der Waals surface area contributed by atoms with E-state index in [2.05, 4.69) is 22.2 Å². The normalized spacial score (nSPS) is 10.8. The van der Waals surface area contributed by atoms with Crippen molar-refractivity contribution in [1.29, 1.82) is 0 Å². The number of nitrogens with one attached hydrogen (secondary N) is 1. The number of aromatic nitrogens is 2. The highest BCUT2D eigenvalue weighted by atomic mass is 15.0. The van der Waals surface area contributed by atoms with Gasteiger partial charge in [0.05, 0.1) is 17.4 Å². The molecule has 19 heavy (non-hydrogen) atoms. The van der Waals surface area contributed by atoms with Crippen LogP contribution in [0.5, 0.6) is 0 Å². The van der Waals surface area contributed by atoms with E-state index in [0.29, 0.717) is 0 Å². The molecule has 0 atom stereocenters. The second-order valence-electron chi connectivity index (χ2n) is 4.60. The molecule has 0 aliphatic rings. The minimum absolute atomic E-state index is 0.0826. The molecule has 2 heterocycles. The molecule has 2 aromatic rings. The molecule has 0 fully saturated rings. The molecule has 0 aliphatic heterocycles. The quantitative estimate of drug-likeness (QED) is 0.771. The molecular weight excluding hydrogens is 234 g/mol. The maximum Gasteiger partial charge on any atom is 0.0925 e. The predicted octanol–water partition coefficient (Wildman–Crippen LogP) is 3.35. The van der Waals surface area contributed by atoms with E-state index in [0.717, 1.165) is 17.9 Å². The van der Waals surface area contributed by atoms with Crippen LogP contribution in [0.15, 0.2) is 48.8 Å². The predicted molar refractivity (Wildman–Crippen MR) is 77.8 cm³/mol. The van der Waals surface area contributed by atoms with Crippen LogP contribution in [0.4, 0.5) is 0 Å². The molecule has 2 rings (SSSR count). The van der Waals surface area contributed by atoms with E-state index in [1.807, 2.05) is 48.8 Å². The first-order valence-corrected chi connectivity index (χ1v) is 6.97. The fourth-order valence-corrected chi connectivity index (χ4v) is 2.08. The van der Waals surface area contributed by atoms with E-state index < -0.39 is 0 Å². The lowest BCUT2D eigenvalue weighted by molar-refractivity contribution is 0.548. The van der Waals surface area contributed by atoms with Crippen LogP contribution < -0.4 is 5.32 Å². The van der Waals surface area contributed by atoms with Crippen molar-refractivity contribution in [2.24, 2.45) is 0 Å². The third-order valence-electron chi connectivity index (χ3n) is 3.10. The second kappa shape index (κ2) is 7.64. The first-order valence-electron chi connectivity index (χ1n) is 6.97. The second-order valence-corrected chi connectivity index (χ2v) is 4.60. The van der Waals surface area contributed by atoms with E-state index in [1.54, 1.807) is 0 Å². The molecule has 3 heteroatoms. The first kappa shape index (κ1) is 13.7. The van der Waals surface area contributed by atoms with Crippen LogP contribution in [-0.4, -0.2) is 16.5 Å². The van der Waals surface area contributed by atoms with Gasteiger partial charge in [0.15, 0.2) is 0 Å². The monoisotopic (exact) mass is 255 g/mol. The zero-order valence-electron chi connectivity index (χ0n) is 11.4. The Labute approximate surface area is 115 Å². The van der Waals surface area contributed by atoms with Crippen molar-refractivity contribution >= 4 is 0 Å². The number of pyridine rings is 2. The van der Waals surface area contributed by atoms with E-state index in [1.165, 1.54) is 19.3 Å². The summed E-state index contributed by atoms with van der Waals surface area (Å²) in [5.41, 5.74) is 2.05. The molecule has 0 unspecified atom stereocenters. The summed E-state index contributed by atoms with van der Waals surface area (Å²) >= 11 is 0. The minimum atomic E-state index is 0.0826. The molecule has 0 bridgehead atoms. The van der Waals surface area contributed by atoms with Gasteiger partial charge in [-0.1, -0.05) is 31.9 Å². The maximum atomic E-state index is 4.45. The smallest absolute Gasteiger partial charge is 0.0925 e. The van der Waals surface area contributed by atoms with E-state index >= 15 is 0 Å². The average Bonchev–Trinajstić information content (AvgIpc) is 2.49. The van der Waals surface area contributed by atoms with Gasteiger partial charge in [-0.25, -0.2) is 0 Å². The number of hydrogen-bond acceptors (Lipinski definition) is 3. The molecule has 0 radical (unpaired) electrons. The van der Waals surface area contributed by atoms with Gasteiger partial charge in [-0.2, -0.15) is 0 Å². The van der Waals surface area contributed by atoms with Gasteiger partial charge < -0.3 is 5.32 Å². The highest BCUT2D eigenvalue weighted by Crippen LogP contribution is 2.17. The number of rotatable bonds is 7. The van der Waals surface area contributed by atoms with Crippen molar-refractivity contribution in [2.75, 3.05) is 6.54 Å². The minimum Gasteiger partial charge on any atom is -0.304 e. The van der Waals surface area contributed by atoms with Gasteiger partial charge >= 0.3 is 0 Å². The Morgan fingerprint density at radius 1 is 0.947 bits per heavy atom. The van der Waals surface area contributed by atoms with Crippen molar-refractivity contribution in [3.8, 4) is 0 Å². The van der Waals surface area contributed by atoms with Crippen LogP contribution in [0.3, 0.4) is 0 Å². The third-order valence-corrected chi connectivity index (χ3v) is 3.10.